The van der Waals surface area contributed by atoms with Crippen molar-refractivity contribution in [2.75, 3.05) is 0 Å². The van der Waals surface area contributed by atoms with Gasteiger partial charge in [0.1, 0.15) is 11.6 Å². The molecule has 0 heterocycles. The molecule has 1 N–H and O–H groups in total. The molecule has 4 heteroatoms. The number of carboxylic acid groups (broad SMARTS) is 1. The molecule has 0 aliphatic rings. The molecule has 0 radical (unpaired) electrons. The Balaban J connectivity index is 1.87. The Morgan fingerprint density at radius 1 is 1.00 bits per heavy atom. The van der Waals surface area contributed by atoms with E-state index in [1.54, 1.807) is 18.2 Å². The molecule has 1 atom stereocenters. The van der Waals surface area contributed by atoms with Gasteiger partial charge in [0, 0.05) is 11.8 Å². The molecule has 0 saturated heterocycles. The Bertz CT molecular complexity index is 822. The summed E-state index contributed by atoms with van der Waals surface area (Å²) in [6.45, 7) is 0. The molecule has 3 aromatic carbocycles. The summed E-state index contributed by atoms with van der Waals surface area (Å²) in [5.41, 5.74) is 0.707. The molecular weight excluding hydrogens is 295 g/mol. The van der Waals surface area contributed by atoms with Gasteiger partial charge in [-0.25, -0.2) is 9.18 Å². The number of benzene rings is 3. The van der Waals surface area contributed by atoms with Crippen molar-refractivity contribution >= 4 is 16.7 Å². The van der Waals surface area contributed by atoms with Crippen molar-refractivity contribution in [2.24, 2.45) is 0 Å². The summed E-state index contributed by atoms with van der Waals surface area (Å²) in [6.07, 6.45) is -0.870. The molecule has 3 nitrogen and oxygen atoms in total. The van der Waals surface area contributed by atoms with E-state index in [0.29, 0.717) is 11.3 Å². The van der Waals surface area contributed by atoms with E-state index < -0.39 is 12.1 Å². The average Bonchev–Trinajstić information content (AvgIpc) is 2.56. The molecular formula is C19H15FO3. The third kappa shape index (κ3) is 3.48. The van der Waals surface area contributed by atoms with E-state index in [4.69, 9.17) is 4.74 Å². The number of rotatable bonds is 5. The minimum Gasteiger partial charge on any atom is -0.478 e. The maximum absolute atomic E-state index is 13.0. The first-order valence-corrected chi connectivity index (χ1v) is 7.25. The molecule has 0 aliphatic heterocycles. The first kappa shape index (κ1) is 15.0. The average molecular weight is 310 g/mol. The van der Waals surface area contributed by atoms with Crippen molar-refractivity contribution in [3.8, 4) is 5.75 Å². The maximum Gasteiger partial charge on any atom is 0.345 e. The van der Waals surface area contributed by atoms with E-state index >= 15 is 0 Å². The number of hydrogen-bond acceptors (Lipinski definition) is 2. The molecule has 116 valence electrons. The van der Waals surface area contributed by atoms with Crippen molar-refractivity contribution < 1.29 is 19.0 Å². The highest BCUT2D eigenvalue weighted by atomic mass is 19.1. The second-order valence-corrected chi connectivity index (χ2v) is 5.25. The minimum atomic E-state index is -1.05. The topological polar surface area (TPSA) is 46.5 Å². The van der Waals surface area contributed by atoms with Gasteiger partial charge in [-0.15, -0.1) is 0 Å². The van der Waals surface area contributed by atoms with Gasteiger partial charge in [0.25, 0.3) is 0 Å². The van der Waals surface area contributed by atoms with Gasteiger partial charge in [-0.1, -0.05) is 48.5 Å². The van der Waals surface area contributed by atoms with E-state index in [9.17, 15) is 14.3 Å². The van der Waals surface area contributed by atoms with Gasteiger partial charge in [-0.05, 0) is 29.1 Å². The van der Waals surface area contributed by atoms with E-state index in [-0.39, 0.29) is 12.2 Å². The van der Waals surface area contributed by atoms with Gasteiger partial charge in [-0.2, -0.15) is 0 Å². The second kappa shape index (κ2) is 6.48. The smallest absolute Gasteiger partial charge is 0.345 e. The zero-order valence-electron chi connectivity index (χ0n) is 12.3. The zero-order valence-corrected chi connectivity index (χ0v) is 12.3. The quantitative estimate of drug-likeness (QED) is 0.773. The van der Waals surface area contributed by atoms with Crippen LogP contribution in [0, 0.1) is 5.82 Å². The highest BCUT2D eigenvalue weighted by molar-refractivity contribution is 5.88. The van der Waals surface area contributed by atoms with Crippen LogP contribution in [0.1, 0.15) is 5.56 Å². The predicted octanol–water partition coefficient (Wildman–Crippen LogP) is 4.05. The lowest BCUT2D eigenvalue weighted by molar-refractivity contribution is -0.144. The molecule has 0 bridgehead atoms. The second-order valence-electron chi connectivity index (χ2n) is 5.25. The van der Waals surface area contributed by atoms with Crippen LogP contribution in [0.4, 0.5) is 4.39 Å². The van der Waals surface area contributed by atoms with Crippen molar-refractivity contribution in [1.29, 1.82) is 0 Å². The van der Waals surface area contributed by atoms with Crippen LogP contribution in [0.3, 0.4) is 0 Å². The SMILES string of the molecule is O=C(O)[C@@H](Cc1ccc(F)cc1)Oc1cccc2ccccc12. The van der Waals surface area contributed by atoms with Crippen LogP contribution in [0.25, 0.3) is 10.8 Å². The fourth-order valence-electron chi connectivity index (χ4n) is 2.47. The first-order chi connectivity index (χ1) is 11.1. The minimum absolute atomic E-state index is 0.166. The van der Waals surface area contributed by atoms with Crippen molar-refractivity contribution in [2.45, 2.75) is 12.5 Å². The standard InChI is InChI=1S/C19H15FO3/c20-15-10-8-13(9-11-15)12-18(19(21)22)23-17-7-3-5-14-4-1-2-6-16(14)17/h1-11,18H,12H2,(H,21,22)/t18-/m1/s1. The first-order valence-electron chi connectivity index (χ1n) is 7.25. The normalized spacial score (nSPS) is 12.0. The number of halogens is 1. The fraction of sp³-hybridized carbons (Fsp3) is 0.105. The lowest BCUT2D eigenvalue weighted by Crippen LogP contribution is -2.29. The molecule has 3 rings (SSSR count). The van der Waals surface area contributed by atoms with Crippen LogP contribution >= 0.6 is 0 Å². The summed E-state index contributed by atoms with van der Waals surface area (Å²) in [7, 11) is 0. The Morgan fingerprint density at radius 2 is 1.70 bits per heavy atom. The van der Waals surface area contributed by atoms with Gasteiger partial charge < -0.3 is 9.84 Å². The molecule has 0 saturated carbocycles. The van der Waals surface area contributed by atoms with E-state index in [1.165, 1.54) is 12.1 Å². The van der Waals surface area contributed by atoms with E-state index in [2.05, 4.69) is 0 Å². The molecule has 0 amide bonds. The molecule has 0 aliphatic carbocycles. The Morgan fingerprint density at radius 3 is 2.43 bits per heavy atom. The van der Waals surface area contributed by atoms with Crippen LogP contribution in [0.15, 0.2) is 66.7 Å². The van der Waals surface area contributed by atoms with Crippen LogP contribution in [0.2, 0.25) is 0 Å². The van der Waals surface area contributed by atoms with Crippen molar-refractivity contribution in [1.82, 2.24) is 0 Å². The molecule has 23 heavy (non-hydrogen) atoms. The van der Waals surface area contributed by atoms with Crippen LogP contribution in [0.5, 0.6) is 5.75 Å². The summed E-state index contributed by atoms with van der Waals surface area (Å²) in [6, 6.07) is 18.9. The van der Waals surface area contributed by atoms with Crippen molar-refractivity contribution in [3.63, 3.8) is 0 Å². The van der Waals surface area contributed by atoms with Crippen LogP contribution in [-0.4, -0.2) is 17.2 Å². The summed E-state index contributed by atoms with van der Waals surface area (Å²) >= 11 is 0. The number of ether oxygens (including phenoxy) is 1. The highest BCUT2D eigenvalue weighted by Gasteiger charge is 2.21. The van der Waals surface area contributed by atoms with Gasteiger partial charge in [0.2, 0.25) is 0 Å². The molecule has 0 aromatic heterocycles. The monoisotopic (exact) mass is 310 g/mol. The Hall–Kier alpha value is -2.88. The lowest BCUT2D eigenvalue weighted by Gasteiger charge is -2.17. The Labute approximate surface area is 132 Å². The summed E-state index contributed by atoms with van der Waals surface area (Å²) in [5, 5.41) is 11.3. The maximum atomic E-state index is 13.0. The van der Waals surface area contributed by atoms with Gasteiger partial charge in [0.15, 0.2) is 6.10 Å². The fourth-order valence-corrected chi connectivity index (χ4v) is 2.47. The molecule has 0 spiro atoms. The number of carbonyl (C=O) groups is 1. The number of hydrogen-bond donors (Lipinski definition) is 1. The van der Waals surface area contributed by atoms with Gasteiger partial charge in [-0.3, -0.25) is 0 Å². The van der Waals surface area contributed by atoms with Crippen molar-refractivity contribution in [3.05, 3.63) is 78.1 Å². The summed E-state index contributed by atoms with van der Waals surface area (Å²) < 4.78 is 18.7. The number of aliphatic carboxylic acids is 1. The summed E-state index contributed by atoms with van der Waals surface area (Å²) in [5.74, 6) is -0.879. The molecule has 0 fully saturated rings. The Kier molecular flexibility index (Phi) is 4.24. The number of fused-ring (bicyclic) bond motifs is 1. The van der Waals surface area contributed by atoms with Gasteiger partial charge in [0.05, 0.1) is 0 Å². The van der Waals surface area contributed by atoms with Crippen LogP contribution in [-0.2, 0) is 11.2 Å². The lowest BCUT2D eigenvalue weighted by atomic mass is 10.1. The number of carboxylic acids is 1. The third-order valence-electron chi connectivity index (χ3n) is 3.63. The van der Waals surface area contributed by atoms with Crippen LogP contribution < -0.4 is 4.74 Å². The molecule has 0 unspecified atom stereocenters. The highest BCUT2D eigenvalue weighted by Crippen LogP contribution is 2.26. The van der Waals surface area contributed by atoms with Gasteiger partial charge >= 0.3 is 5.97 Å². The van der Waals surface area contributed by atoms with E-state index in [0.717, 1.165) is 10.8 Å². The summed E-state index contributed by atoms with van der Waals surface area (Å²) in [4.78, 5) is 11.5. The third-order valence-corrected chi connectivity index (χ3v) is 3.63. The predicted molar refractivity (Wildman–Crippen MR) is 86.1 cm³/mol. The van der Waals surface area contributed by atoms with E-state index in [1.807, 2.05) is 36.4 Å². The zero-order chi connectivity index (χ0) is 16.2. The molecule has 3 aromatic rings. The largest absolute Gasteiger partial charge is 0.478 e.